The molecule has 272 valence electrons. The van der Waals surface area contributed by atoms with Crippen LogP contribution in [0, 0.1) is 17.8 Å². The summed E-state index contributed by atoms with van der Waals surface area (Å²) in [5.74, 6) is 1.00. The van der Waals surface area contributed by atoms with Gasteiger partial charge in [-0.25, -0.2) is 14.6 Å². The zero-order valence-corrected chi connectivity index (χ0v) is 30.2. The number of ether oxygens (including phenoxy) is 4. The van der Waals surface area contributed by atoms with Gasteiger partial charge < -0.3 is 29.6 Å². The molecule has 2 aliphatic heterocycles. The van der Waals surface area contributed by atoms with Gasteiger partial charge in [-0.05, 0) is 70.3 Å². The van der Waals surface area contributed by atoms with E-state index in [-0.39, 0.29) is 42.6 Å². The first kappa shape index (κ1) is 37.5. The summed E-state index contributed by atoms with van der Waals surface area (Å²) >= 11 is 6.30. The number of ketones is 1. The van der Waals surface area contributed by atoms with Crippen LogP contribution in [0.25, 0.3) is 11.2 Å². The number of benzene rings is 1. The third-order valence-corrected chi connectivity index (χ3v) is 9.13. The van der Waals surface area contributed by atoms with Crippen LogP contribution in [0.3, 0.4) is 0 Å². The van der Waals surface area contributed by atoms with E-state index in [0.29, 0.717) is 35.7 Å². The Kier molecular flexibility index (Phi) is 11.2. The highest BCUT2D eigenvalue weighted by Gasteiger charge is 2.58. The highest BCUT2D eigenvalue weighted by atomic mass is 35.5. The number of Topliss-reactive ketones (excluding diaryl/α,β-unsaturated/α-hetero) is 1. The maximum absolute atomic E-state index is 13.6. The molecular formula is C35H42ClN7O8. The van der Waals surface area contributed by atoms with Gasteiger partial charge in [0.15, 0.2) is 35.1 Å². The molecule has 3 aromatic rings. The highest BCUT2D eigenvalue weighted by molar-refractivity contribution is 6.28. The van der Waals surface area contributed by atoms with Crippen LogP contribution in [0.1, 0.15) is 59.8 Å². The van der Waals surface area contributed by atoms with E-state index < -0.39 is 47.2 Å². The molecule has 16 heteroatoms. The van der Waals surface area contributed by atoms with Gasteiger partial charge in [0.05, 0.1) is 25.0 Å². The first-order chi connectivity index (χ1) is 24.2. The second kappa shape index (κ2) is 15.2. The normalized spacial score (nSPS) is 23.0. The van der Waals surface area contributed by atoms with E-state index in [1.165, 1.54) is 20.2 Å². The molecule has 5 atom stereocenters. The summed E-state index contributed by atoms with van der Waals surface area (Å²) in [6.45, 7) is 10.4. The van der Waals surface area contributed by atoms with Crippen molar-refractivity contribution in [2.45, 2.75) is 84.5 Å². The molecule has 5 rings (SSSR count). The second-order valence-electron chi connectivity index (χ2n) is 12.9. The number of esters is 2. The summed E-state index contributed by atoms with van der Waals surface area (Å²) in [5, 5.41) is 5.96. The largest absolute Gasteiger partial charge is 0.463 e. The lowest BCUT2D eigenvalue weighted by Gasteiger charge is -2.33. The summed E-state index contributed by atoms with van der Waals surface area (Å²) < 4.78 is 25.5. The fourth-order valence-corrected chi connectivity index (χ4v) is 6.41. The minimum absolute atomic E-state index is 0.00199. The van der Waals surface area contributed by atoms with Crippen molar-refractivity contribution in [2.75, 3.05) is 36.5 Å². The molecule has 1 unspecified atom stereocenters. The van der Waals surface area contributed by atoms with Crippen molar-refractivity contribution in [1.82, 2.24) is 24.8 Å². The summed E-state index contributed by atoms with van der Waals surface area (Å²) in [6, 6.07) is 6.73. The number of hydrogen-bond acceptors (Lipinski definition) is 12. The Morgan fingerprint density at radius 1 is 1.24 bits per heavy atom. The Morgan fingerprint density at radius 2 is 1.96 bits per heavy atom. The number of halogens is 1. The van der Waals surface area contributed by atoms with Gasteiger partial charge in [-0.1, -0.05) is 18.1 Å². The predicted octanol–water partition coefficient (Wildman–Crippen LogP) is 3.84. The average Bonchev–Trinajstić information content (AvgIpc) is 3.61. The van der Waals surface area contributed by atoms with E-state index in [1.54, 1.807) is 47.6 Å². The number of carbonyl (C=O) groups is 4. The molecule has 2 amide bonds. The van der Waals surface area contributed by atoms with Crippen LogP contribution in [0.15, 0.2) is 30.6 Å². The smallest absolute Gasteiger partial charge is 0.346 e. The number of imidazole rings is 1. The Hall–Kier alpha value is -4.78. The standard InChI is InChI=1S/C35H42ClN7O8/c1-8-34(7)25(51-30(27(34)50-22(6)45)43-19-38-26-28(39-20(3)4)40-32(36)41-29(26)43)18-49-35(21(5)44,31(46)48-9-2)17-23-11-13-24(14-12-23)42-16-10-15-37-33(42)47/h1,11-14,19-20,25,27,30H,9-10,15-18H2,2-7H3,(H,37,47)(H,39,40,41)/t25-,27+,30-,34+,35?/m1/s1. The number of rotatable bonds is 13. The second-order valence-corrected chi connectivity index (χ2v) is 13.3. The fourth-order valence-electron chi connectivity index (χ4n) is 6.24. The first-order valence-electron chi connectivity index (χ1n) is 16.7. The number of anilines is 2. The highest BCUT2D eigenvalue weighted by Crippen LogP contribution is 2.47. The van der Waals surface area contributed by atoms with Crippen LogP contribution >= 0.6 is 11.6 Å². The Labute approximate surface area is 300 Å². The van der Waals surface area contributed by atoms with Crippen LogP contribution in [-0.2, 0) is 39.8 Å². The molecule has 15 nitrogen and oxygen atoms in total. The predicted molar refractivity (Wildman–Crippen MR) is 187 cm³/mol. The number of terminal acetylenes is 1. The third kappa shape index (κ3) is 7.49. The summed E-state index contributed by atoms with van der Waals surface area (Å²) in [5.41, 5.74) is -1.50. The molecule has 0 bridgehead atoms. The Bertz CT molecular complexity index is 1840. The molecule has 1 aromatic carbocycles. The molecule has 2 fully saturated rings. The molecule has 51 heavy (non-hydrogen) atoms. The zero-order chi connectivity index (χ0) is 37.1. The van der Waals surface area contributed by atoms with Gasteiger partial charge in [0.2, 0.25) is 10.9 Å². The number of nitrogens with one attached hydrogen (secondary N) is 2. The topological polar surface area (TPSA) is 176 Å². The number of hydrogen-bond donors (Lipinski definition) is 2. The van der Waals surface area contributed by atoms with E-state index in [0.717, 1.165) is 6.42 Å². The van der Waals surface area contributed by atoms with Gasteiger partial charge >= 0.3 is 18.0 Å². The number of carbonyl (C=O) groups excluding carboxylic acids is 4. The van der Waals surface area contributed by atoms with Gasteiger partial charge in [0.1, 0.15) is 6.10 Å². The van der Waals surface area contributed by atoms with E-state index in [2.05, 4.69) is 31.5 Å². The quantitative estimate of drug-likeness (QED) is 0.113. The van der Waals surface area contributed by atoms with Crippen LogP contribution in [0.4, 0.5) is 16.3 Å². The van der Waals surface area contributed by atoms with E-state index >= 15 is 0 Å². The number of aromatic nitrogens is 4. The molecule has 2 aliphatic rings. The summed E-state index contributed by atoms with van der Waals surface area (Å²) in [6.07, 6.45) is 5.01. The molecule has 4 heterocycles. The first-order valence-corrected chi connectivity index (χ1v) is 17.1. The van der Waals surface area contributed by atoms with Crippen molar-refractivity contribution in [3.63, 3.8) is 0 Å². The molecule has 0 saturated carbocycles. The van der Waals surface area contributed by atoms with Crippen LogP contribution < -0.4 is 15.5 Å². The zero-order valence-electron chi connectivity index (χ0n) is 29.4. The lowest BCUT2D eigenvalue weighted by Crippen LogP contribution is -2.53. The fraction of sp³-hybridized carbons (Fsp3) is 0.514. The summed E-state index contributed by atoms with van der Waals surface area (Å²) in [7, 11) is 0. The number of fused-ring (bicyclic) bond motifs is 1. The van der Waals surface area contributed by atoms with Crippen molar-refractivity contribution in [3.8, 4) is 12.3 Å². The van der Waals surface area contributed by atoms with Crippen molar-refractivity contribution >= 4 is 58.0 Å². The van der Waals surface area contributed by atoms with Crippen molar-refractivity contribution < 1.29 is 38.1 Å². The van der Waals surface area contributed by atoms with E-state index in [4.69, 9.17) is 37.0 Å². The third-order valence-electron chi connectivity index (χ3n) is 8.96. The van der Waals surface area contributed by atoms with Crippen molar-refractivity contribution in [2.24, 2.45) is 5.41 Å². The molecule has 0 spiro atoms. The van der Waals surface area contributed by atoms with Crippen molar-refractivity contribution in [1.29, 1.82) is 0 Å². The van der Waals surface area contributed by atoms with E-state index in [1.807, 2.05) is 13.8 Å². The monoisotopic (exact) mass is 723 g/mol. The van der Waals surface area contributed by atoms with Gasteiger partial charge in [-0.2, -0.15) is 9.97 Å². The minimum Gasteiger partial charge on any atom is -0.463 e. The number of amides is 2. The maximum Gasteiger partial charge on any atom is 0.346 e. The minimum atomic E-state index is -2.09. The maximum atomic E-state index is 13.6. The molecule has 2 saturated heterocycles. The van der Waals surface area contributed by atoms with Crippen LogP contribution in [0.2, 0.25) is 5.28 Å². The van der Waals surface area contributed by atoms with Gasteiger partial charge in [0, 0.05) is 38.2 Å². The molecule has 2 aromatic heterocycles. The lowest BCUT2D eigenvalue weighted by molar-refractivity contribution is -0.182. The van der Waals surface area contributed by atoms with Gasteiger partial charge in [-0.3, -0.25) is 19.1 Å². The number of urea groups is 1. The average molecular weight is 724 g/mol. The number of nitrogens with zero attached hydrogens (tertiary/aromatic N) is 5. The van der Waals surface area contributed by atoms with Gasteiger partial charge in [0.25, 0.3) is 0 Å². The SMILES string of the molecule is C#C[C@@]1(C)[C@@H](COC(Cc2ccc(N3CCCNC3=O)cc2)(C(C)=O)C(=O)OCC)O[C@@H](n2cnc3c(NC(C)C)nc(Cl)nc32)[C@@H]1OC(C)=O. The molecule has 2 N–H and O–H groups in total. The molecular weight excluding hydrogens is 682 g/mol. The van der Waals surface area contributed by atoms with E-state index in [9.17, 15) is 19.2 Å². The van der Waals surface area contributed by atoms with Crippen molar-refractivity contribution in [3.05, 3.63) is 41.4 Å². The molecule has 0 aliphatic carbocycles. The lowest BCUT2D eigenvalue weighted by atomic mass is 9.81. The van der Waals surface area contributed by atoms with Crippen LogP contribution in [0.5, 0.6) is 0 Å². The van der Waals surface area contributed by atoms with Gasteiger partial charge in [-0.15, -0.1) is 6.42 Å². The Balaban J connectivity index is 1.48. The molecule has 0 radical (unpaired) electrons. The Morgan fingerprint density at radius 3 is 2.57 bits per heavy atom. The van der Waals surface area contributed by atoms with Crippen LogP contribution in [-0.4, -0.2) is 93.4 Å². The summed E-state index contributed by atoms with van der Waals surface area (Å²) in [4.78, 5) is 66.6.